The molecular weight excluding hydrogens is 540 g/mol. The molecule has 0 unspecified atom stereocenters. The van der Waals surface area contributed by atoms with E-state index in [0.29, 0.717) is 0 Å². The lowest BCUT2D eigenvalue weighted by Crippen LogP contribution is -2.33. The first-order valence-corrected chi connectivity index (χ1v) is 18.6. The summed E-state index contributed by atoms with van der Waals surface area (Å²) in [4.78, 5) is 11.6. The van der Waals surface area contributed by atoms with E-state index in [1.807, 2.05) is 13.0 Å². The quantitative estimate of drug-likeness (QED) is 0.0797. The van der Waals surface area contributed by atoms with Gasteiger partial charge in [-0.3, -0.25) is 0 Å². The second-order valence-corrected chi connectivity index (χ2v) is 13.9. The lowest BCUT2D eigenvalue weighted by molar-refractivity contribution is -0.139. The van der Waals surface area contributed by atoms with Crippen LogP contribution in [0.1, 0.15) is 174 Å². The lowest BCUT2D eigenvalue weighted by atomic mass is 10.0. The van der Waals surface area contributed by atoms with Crippen molar-refractivity contribution < 1.29 is 29.2 Å². The largest absolute Gasteiger partial charge is 0.455 e. The molecule has 2 saturated heterocycles. The summed E-state index contributed by atoms with van der Waals surface area (Å²) in [7, 11) is 0. The minimum Gasteiger partial charge on any atom is -0.455 e. The molecule has 3 aliphatic heterocycles. The Morgan fingerprint density at radius 2 is 1.07 bits per heavy atom. The third-order valence-corrected chi connectivity index (χ3v) is 9.98. The first-order valence-electron chi connectivity index (χ1n) is 18.6. The van der Waals surface area contributed by atoms with Gasteiger partial charge in [0.05, 0.1) is 36.6 Å². The van der Waals surface area contributed by atoms with Crippen molar-refractivity contribution in [3.05, 3.63) is 11.6 Å². The fraction of sp³-hybridized carbons (Fsp3) is 0.919. The molecule has 0 saturated carbocycles. The second-order valence-electron chi connectivity index (χ2n) is 13.9. The number of hydrogen-bond acceptors (Lipinski definition) is 6. The molecular formula is C37H66O6. The first-order chi connectivity index (χ1) is 21.0. The van der Waals surface area contributed by atoms with Crippen molar-refractivity contribution in [3.8, 4) is 0 Å². The van der Waals surface area contributed by atoms with Crippen molar-refractivity contribution in [3.63, 3.8) is 0 Å². The number of carbonyl (C=O) groups is 1. The average Bonchev–Trinajstić information content (AvgIpc) is 3.75. The summed E-state index contributed by atoms with van der Waals surface area (Å²) >= 11 is 0. The average molecular weight is 607 g/mol. The van der Waals surface area contributed by atoms with E-state index in [-0.39, 0.29) is 48.7 Å². The lowest BCUT2D eigenvalue weighted by Gasteiger charge is -2.24. The summed E-state index contributed by atoms with van der Waals surface area (Å²) in [5.74, 6) is -0.118. The maximum Gasteiger partial charge on any atom is 0.334 e. The number of ether oxygens (including phenoxy) is 3. The smallest absolute Gasteiger partial charge is 0.334 e. The van der Waals surface area contributed by atoms with E-state index in [2.05, 4.69) is 6.92 Å². The van der Waals surface area contributed by atoms with Crippen LogP contribution in [0.3, 0.4) is 0 Å². The van der Waals surface area contributed by atoms with Crippen LogP contribution < -0.4 is 0 Å². The summed E-state index contributed by atoms with van der Waals surface area (Å²) in [5.41, 5.74) is 0.869. The SMILES string of the molecule is CCCCCCCCCC[C@@H](O)[C@H]1CC[C@H]([C@@H]2CC[C@@H]([C@H](O)CCCCCCCCCCCCC3=C[C@H](C)OC3=O)O2)O1. The molecule has 0 spiro atoms. The third-order valence-electron chi connectivity index (χ3n) is 9.98. The van der Waals surface area contributed by atoms with Crippen LogP contribution in [-0.4, -0.2) is 58.9 Å². The van der Waals surface area contributed by atoms with E-state index in [1.165, 1.54) is 96.3 Å². The van der Waals surface area contributed by atoms with Crippen molar-refractivity contribution in [2.24, 2.45) is 0 Å². The molecule has 0 radical (unpaired) electrons. The Bertz CT molecular complexity index is 768. The van der Waals surface area contributed by atoms with Crippen LogP contribution >= 0.6 is 0 Å². The van der Waals surface area contributed by atoms with Gasteiger partial charge in [0, 0.05) is 5.57 Å². The van der Waals surface area contributed by atoms with Gasteiger partial charge in [0.1, 0.15) is 6.10 Å². The zero-order chi connectivity index (χ0) is 30.7. The molecule has 6 nitrogen and oxygen atoms in total. The Kier molecular flexibility index (Phi) is 18.5. The van der Waals surface area contributed by atoms with E-state index in [4.69, 9.17) is 14.2 Å². The molecule has 0 aliphatic carbocycles. The number of aliphatic hydroxyl groups is 2. The molecule has 0 bridgehead atoms. The van der Waals surface area contributed by atoms with Crippen LogP contribution in [-0.2, 0) is 19.0 Å². The minimum absolute atomic E-state index is 0.0466. The number of esters is 1. The highest BCUT2D eigenvalue weighted by atomic mass is 16.6. The molecule has 0 aromatic rings. The molecule has 0 amide bonds. The van der Waals surface area contributed by atoms with Crippen LogP contribution in [0, 0.1) is 0 Å². The molecule has 3 rings (SSSR count). The van der Waals surface area contributed by atoms with Crippen LogP contribution in [0.2, 0.25) is 0 Å². The van der Waals surface area contributed by atoms with Crippen molar-refractivity contribution >= 4 is 5.97 Å². The van der Waals surface area contributed by atoms with Crippen molar-refractivity contribution in [2.45, 2.75) is 217 Å². The van der Waals surface area contributed by atoms with E-state index < -0.39 is 0 Å². The van der Waals surface area contributed by atoms with Gasteiger partial charge in [0.25, 0.3) is 0 Å². The summed E-state index contributed by atoms with van der Waals surface area (Å²) in [5, 5.41) is 21.4. The monoisotopic (exact) mass is 606 g/mol. The van der Waals surface area contributed by atoms with E-state index >= 15 is 0 Å². The Balaban J connectivity index is 1.12. The van der Waals surface area contributed by atoms with Gasteiger partial charge in [0.15, 0.2) is 0 Å². The van der Waals surface area contributed by atoms with Gasteiger partial charge >= 0.3 is 5.97 Å². The van der Waals surface area contributed by atoms with Crippen molar-refractivity contribution in [1.82, 2.24) is 0 Å². The van der Waals surface area contributed by atoms with Crippen LogP contribution in [0.5, 0.6) is 0 Å². The molecule has 3 aliphatic rings. The summed E-state index contributed by atoms with van der Waals surface area (Å²) in [6.45, 7) is 4.17. The van der Waals surface area contributed by atoms with Crippen LogP contribution in [0.4, 0.5) is 0 Å². The molecule has 0 aromatic carbocycles. The topological polar surface area (TPSA) is 85.2 Å². The van der Waals surface area contributed by atoms with Crippen molar-refractivity contribution in [1.29, 1.82) is 0 Å². The fourth-order valence-corrected chi connectivity index (χ4v) is 7.25. The van der Waals surface area contributed by atoms with Crippen molar-refractivity contribution in [2.75, 3.05) is 0 Å². The Morgan fingerprint density at radius 1 is 0.651 bits per heavy atom. The molecule has 3 heterocycles. The van der Waals surface area contributed by atoms with Gasteiger partial charge in [-0.05, 0) is 64.4 Å². The molecule has 0 aromatic heterocycles. The Labute approximate surface area is 263 Å². The molecule has 2 fully saturated rings. The highest BCUT2D eigenvalue weighted by molar-refractivity contribution is 5.90. The number of carbonyl (C=O) groups excluding carboxylic acids is 1. The second kappa shape index (κ2) is 21.7. The molecule has 7 atom stereocenters. The van der Waals surface area contributed by atoms with Gasteiger partial charge in [-0.1, -0.05) is 116 Å². The third kappa shape index (κ3) is 14.3. The number of unbranched alkanes of at least 4 members (excludes halogenated alkanes) is 16. The maximum absolute atomic E-state index is 11.6. The standard InChI is InChI=1S/C37H66O6/c1-3-4-5-6-7-13-16-19-22-31(38)33-24-26-35(42-33)36-27-25-34(43-36)32(39)23-20-17-14-11-9-8-10-12-15-18-21-30-28-29(2)41-37(30)40/h28-29,31-36,38-39H,3-27H2,1-2H3/t29-,31+,32+,33+,34-,35+,36-/m0/s1. The first kappa shape index (κ1) is 36.5. The maximum atomic E-state index is 11.6. The molecule has 2 N–H and O–H groups in total. The predicted octanol–water partition coefficient (Wildman–Crippen LogP) is 8.89. The number of cyclic esters (lactones) is 1. The fourth-order valence-electron chi connectivity index (χ4n) is 7.25. The highest BCUT2D eigenvalue weighted by Crippen LogP contribution is 2.34. The van der Waals surface area contributed by atoms with Gasteiger partial charge < -0.3 is 24.4 Å². The Morgan fingerprint density at radius 3 is 1.49 bits per heavy atom. The summed E-state index contributed by atoms with van der Waals surface area (Å²) < 4.78 is 17.7. The zero-order valence-electron chi connectivity index (χ0n) is 27.8. The minimum atomic E-state index is -0.375. The van der Waals surface area contributed by atoms with E-state index in [9.17, 15) is 15.0 Å². The van der Waals surface area contributed by atoms with Gasteiger partial charge in [0.2, 0.25) is 0 Å². The van der Waals surface area contributed by atoms with Crippen LogP contribution in [0.15, 0.2) is 11.6 Å². The van der Waals surface area contributed by atoms with Gasteiger partial charge in [-0.25, -0.2) is 4.79 Å². The molecule has 250 valence electrons. The van der Waals surface area contributed by atoms with Crippen LogP contribution in [0.25, 0.3) is 0 Å². The van der Waals surface area contributed by atoms with E-state index in [1.54, 1.807) is 0 Å². The van der Waals surface area contributed by atoms with Gasteiger partial charge in [-0.2, -0.15) is 0 Å². The molecule has 6 heteroatoms. The number of aliphatic hydroxyl groups excluding tert-OH is 2. The summed E-state index contributed by atoms with van der Waals surface area (Å²) in [6.07, 6.45) is 29.9. The van der Waals surface area contributed by atoms with Gasteiger partial charge in [-0.15, -0.1) is 0 Å². The Hall–Kier alpha value is -0.950. The number of hydrogen-bond donors (Lipinski definition) is 2. The normalized spacial score (nSPS) is 27.0. The van der Waals surface area contributed by atoms with E-state index in [0.717, 1.165) is 69.8 Å². The zero-order valence-corrected chi connectivity index (χ0v) is 27.8. The molecule has 43 heavy (non-hydrogen) atoms. The predicted molar refractivity (Wildman–Crippen MR) is 174 cm³/mol. The highest BCUT2D eigenvalue weighted by Gasteiger charge is 2.40. The summed E-state index contributed by atoms with van der Waals surface area (Å²) in [6, 6.07) is 0. The number of rotatable bonds is 25.